The minimum Gasteiger partial charge on any atom is -0.465 e. The summed E-state index contributed by atoms with van der Waals surface area (Å²) in [6.45, 7) is 3.81. The average molecular weight is 513 g/mol. The number of amides is 1. The molecule has 7 nitrogen and oxygen atoms in total. The van der Waals surface area contributed by atoms with Gasteiger partial charge in [0, 0.05) is 18.5 Å². The standard InChI is InChI=1S/C26H35F3N2O5/c1-16(35-14-25-9-5-19(6-10-25)36-15-25)22(30)23(32)31-11-7-17(8-12-31)18-3-4-20(24(33)34-2)21(13-18)26(27,28)29/h3-4,13,16-17,19,22H,5-12,14-15,30H2,1-2H3/t16-,19?,22+,25?/m1/s1. The molecule has 3 saturated heterocycles. The van der Waals surface area contributed by atoms with Gasteiger partial charge in [-0.25, -0.2) is 4.79 Å². The maximum Gasteiger partial charge on any atom is 0.417 e. The van der Waals surface area contributed by atoms with Gasteiger partial charge in [-0.15, -0.1) is 0 Å². The smallest absolute Gasteiger partial charge is 0.417 e. The zero-order chi connectivity index (χ0) is 26.1. The summed E-state index contributed by atoms with van der Waals surface area (Å²) >= 11 is 0. The normalized spacial score (nSPS) is 26.5. The average Bonchev–Trinajstić information content (AvgIpc) is 2.90. The molecule has 2 N–H and O–H groups in total. The van der Waals surface area contributed by atoms with Gasteiger partial charge in [-0.05, 0) is 69.1 Å². The topological polar surface area (TPSA) is 91.1 Å². The van der Waals surface area contributed by atoms with Gasteiger partial charge in [0.05, 0.1) is 43.7 Å². The first kappa shape index (κ1) is 26.9. The molecule has 0 unspecified atom stereocenters. The van der Waals surface area contributed by atoms with Gasteiger partial charge in [-0.3, -0.25) is 4.79 Å². The molecule has 0 spiro atoms. The van der Waals surface area contributed by atoms with Gasteiger partial charge in [-0.2, -0.15) is 13.2 Å². The molecule has 1 aromatic carbocycles. The molecule has 36 heavy (non-hydrogen) atoms. The summed E-state index contributed by atoms with van der Waals surface area (Å²) in [6, 6.07) is 2.92. The quantitative estimate of drug-likeness (QED) is 0.558. The molecule has 1 aliphatic carbocycles. The number of nitrogens with zero attached hydrogens (tertiary/aromatic N) is 1. The lowest BCUT2D eigenvalue weighted by Crippen LogP contribution is -2.53. The molecular weight excluding hydrogens is 477 g/mol. The predicted octanol–water partition coefficient (Wildman–Crippen LogP) is 3.89. The van der Waals surface area contributed by atoms with E-state index in [1.165, 1.54) is 12.1 Å². The van der Waals surface area contributed by atoms with E-state index >= 15 is 0 Å². The maximum absolute atomic E-state index is 13.6. The summed E-state index contributed by atoms with van der Waals surface area (Å²) in [5.74, 6) is -1.39. The number of hydrogen-bond donors (Lipinski definition) is 1. The monoisotopic (exact) mass is 512 g/mol. The Kier molecular flexibility index (Phi) is 7.97. The maximum atomic E-state index is 13.6. The van der Waals surface area contributed by atoms with Crippen LogP contribution in [0.2, 0.25) is 0 Å². The van der Waals surface area contributed by atoms with E-state index < -0.39 is 35.4 Å². The number of rotatable bonds is 7. The number of halogens is 3. The van der Waals surface area contributed by atoms with Crippen molar-refractivity contribution >= 4 is 11.9 Å². The van der Waals surface area contributed by atoms with Gasteiger partial charge in [0.15, 0.2) is 0 Å². The Morgan fingerprint density at radius 3 is 2.42 bits per heavy atom. The summed E-state index contributed by atoms with van der Waals surface area (Å²) < 4.78 is 57.1. The van der Waals surface area contributed by atoms with Crippen LogP contribution in [0.15, 0.2) is 18.2 Å². The van der Waals surface area contributed by atoms with E-state index in [9.17, 15) is 22.8 Å². The van der Waals surface area contributed by atoms with Crippen molar-refractivity contribution in [1.82, 2.24) is 4.90 Å². The molecule has 1 aromatic rings. The van der Waals surface area contributed by atoms with Gasteiger partial charge in [-0.1, -0.05) is 6.07 Å². The number of carbonyl (C=O) groups excluding carboxylic acids is 2. The highest BCUT2D eigenvalue weighted by atomic mass is 19.4. The number of esters is 1. The Morgan fingerprint density at radius 1 is 1.19 bits per heavy atom. The number of benzene rings is 1. The Balaban J connectivity index is 1.32. The van der Waals surface area contributed by atoms with Crippen LogP contribution >= 0.6 is 0 Å². The van der Waals surface area contributed by atoms with Crippen LogP contribution in [0.3, 0.4) is 0 Å². The van der Waals surface area contributed by atoms with E-state index in [1.807, 2.05) is 6.92 Å². The highest BCUT2D eigenvalue weighted by Crippen LogP contribution is 2.43. The second kappa shape index (κ2) is 10.7. The number of piperidine rings is 1. The minimum atomic E-state index is -4.68. The van der Waals surface area contributed by atoms with Crippen molar-refractivity contribution in [1.29, 1.82) is 0 Å². The van der Waals surface area contributed by atoms with Crippen molar-refractivity contribution in [3.63, 3.8) is 0 Å². The Hall–Kier alpha value is -2.17. The van der Waals surface area contributed by atoms with E-state index in [2.05, 4.69) is 4.74 Å². The lowest BCUT2D eigenvalue weighted by Gasteiger charge is -2.46. The molecule has 0 aromatic heterocycles. The van der Waals surface area contributed by atoms with Crippen LogP contribution in [0.5, 0.6) is 0 Å². The fraction of sp³-hybridized carbons (Fsp3) is 0.692. The van der Waals surface area contributed by atoms with Crippen molar-refractivity contribution in [2.75, 3.05) is 33.4 Å². The van der Waals surface area contributed by atoms with Crippen molar-refractivity contribution < 1.29 is 37.0 Å². The largest absolute Gasteiger partial charge is 0.465 e. The van der Waals surface area contributed by atoms with E-state index in [0.29, 0.717) is 50.8 Å². The number of likely N-dealkylation sites (tertiary alicyclic amines) is 1. The highest BCUT2D eigenvalue weighted by molar-refractivity contribution is 5.91. The third-order valence-electron chi connectivity index (χ3n) is 8.09. The first-order valence-electron chi connectivity index (χ1n) is 12.6. The van der Waals surface area contributed by atoms with Gasteiger partial charge >= 0.3 is 12.1 Å². The lowest BCUT2D eigenvalue weighted by molar-refractivity contribution is -0.155. The van der Waals surface area contributed by atoms with Crippen molar-refractivity contribution in [2.24, 2.45) is 11.1 Å². The number of alkyl halides is 3. The van der Waals surface area contributed by atoms with Crippen LogP contribution in [-0.2, 0) is 25.2 Å². The first-order valence-corrected chi connectivity index (χ1v) is 12.6. The summed E-state index contributed by atoms with van der Waals surface area (Å²) in [4.78, 5) is 26.5. The van der Waals surface area contributed by atoms with Crippen LogP contribution in [0, 0.1) is 5.41 Å². The molecular formula is C26H35F3N2O5. The number of carbonyl (C=O) groups is 2. The molecule has 3 heterocycles. The fourth-order valence-corrected chi connectivity index (χ4v) is 5.59. The highest BCUT2D eigenvalue weighted by Gasteiger charge is 2.42. The SMILES string of the molecule is COC(=O)c1ccc(C2CCN(C(=O)[C@@H](N)[C@@H](C)OCC34CCC(CC3)OC4)CC2)cc1C(F)(F)F. The first-order chi connectivity index (χ1) is 17.0. The Bertz CT molecular complexity index is 940. The number of hydrogen-bond acceptors (Lipinski definition) is 6. The summed E-state index contributed by atoms with van der Waals surface area (Å²) in [5.41, 5.74) is 5.26. The van der Waals surface area contributed by atoms with Crippen molar-refractivity contribution in [2.45, 2.75) is 75.8 Å². The molecule has 0 radical (unpaired) electrons. The Morgan fingerprint density at radius 2 is 1.86 bits per heavy atom. The van der Waals surface area contributed by atoms with E-state index in [4.69, 9.17) is 15.2 Å². The van der Waals surface area contributed by atoms with Gasteiger partial charge < -0.3 is 24.8 Å². The predicted molar refractivity (Wildman–Crippen MR) is 125 cm³/mol. The molecule has 2 atom stereocenters. The molecule has 2 bridgehead atoms. The summed E-state index contributed by atoms with van der Waals surface area (Å²) in [6.07, 6.45) is 0.485. The molecule has 5 rings (SSSR count). The number of ether oxygens (including phenoxy) is 3. The van der Waals surface area contributed by atoms with Crippen LogP contribution in [0.4, 0.5) is 13.2 Å². The third-order valence-corrected chi connectivity index (χ3v) is 8.09. The van der Waals surface area contributed by atoms with Crippen LogP contribution in [0.1, 0.15) is 72.9 Å². The van der Waals surface area contributed by atoms with Gasteiger partial charge in [0.2, 0.25) is 5.91 Å². The molecule has 3 aliphatic heterocycles. The van der Waals surface area contributed by atoms with Crippen molar-refractivity contribution in [3.8, 4) is 0 Å². The molecule has 1 amide bonds. The number of fused-ring (bicyclic) bond motifs is 3. The number of methoxy groups -OCH3 is 1. The van der Waals surface area contributed by atoms with E-state index in [1.54, 1.807) is 4.90 Å². The molecule has 1 saturated carbocycles. The minimum absolute atomic E-state index is 0.0167. The zero-order valence-electron chi connectivity index (χ0n) is 20.8. The summed E-state index contributed by atoms with van der Waals surface area (Å²) in [5, 5.41) is 0. The zero-order valence-corrected chi connectivity index (χ0v) is 20.8. The van der Waals surface area contributed by atoms with E-state index in [-0.39, 0.29) is 17.2 Å². The summed E-state index contributed by atoms with van der Waals surface area (Å²) in [7, 11) is 1.05. The van der Waals surface area contributed by atoms with E-state index in [0.717, 1.165) is 38.9 Å². The lowest BCUT2D eigenvalue weighted by atomic mass is 9.72. The molecule has 4 fully saturated rings. The fourth-order valence-electron chi connectivity index (χ4n) is 5.59. The molecule has 200 valence electrons. The second-order valence-corrected chi connectivity index (χ2v) is 10.4. The van der Waals surface area contributed by atoms with Crippen LogP contribution in [0.25, 0.3) is 0 Å². The van der Waals surface area contributed by atoms with Gasteiger partial charge in [0.25, 0.3) is 0 Å². The van der Waals surface area contributed by atoms with Crippen molar-refractivity contribution in [3.05, 3.63) is 34.9 Å². The van der Waals surface area contributed by atoms with Crippen LogP contribution in [-0.4, -0.2) is 68.4 Å². The van der Waals surface area contributed by atoms with Gasteiger partial charge in [0.1, 0.15) is 6.04 Å². The second-order valence-electron chi connectivity index (χ2n) is 10.4. The third kappa shape index (κ3) is 5.70. The molecule has 4 aliphatic rings. The molecule has 10 heteroatoms. The Labute approximate surface area is 209 Å². The van der Waals surface area contributed by atoms with Crippen LogP contribution < -0.4 is 5.73 Å². The number of nitrogens with two attached hydrogens (primary N) is 1.